The highest BCUT2D eigenvalue weighted by Gasteiger charge is 2.71. The molecule has 0 aromatic heterocycles. The zero-order chi connectivity index (χ0) is 27.0. The van der Waals surface area contributed by atoms with Gasteiger partial charge in [-0.05, 0) is 43.2 Å². The van der Waals surface area contributed by atoms with Gasteiger partial charge in [-0.15, -0.1) is 0 Å². The molecule has 38 heavy (non-hydrogen) atoms. The summed E-state index contributed by atoms with van der Waals surface area (Å²) >= 11 is 0. The van der Waals surface area contributed by atoms with E-state index in [0.29, 0.717) is 11.3 Å². The van der Waals surface area contributed by atoms with Gasteiger partial charge >= 0.3 is 0 Å². The number of allylic oxidation sites excluding steroid dienone is 1. The van der Waals surface area contributed by atoms with Crippen LogP contribution >= 0.6 is 0 Å². The summed E-state index contributed by atoms with van der Waals surface area (Å²) in [5.74, 6) is -1.38. The van der Waals surface area contributed by atoms with E-state index in [1.807, 2.05) is 82.3 Å². The van der Waals surface area contributed by atoms with E-state index >= 15 is 0 Å². The molecule has 1 fully saturated rings. The van der Waals surface area contributed by atoms with E-state index in [9.17, 15) is 14.4 Å². The van der Waals surface area contributed by atoms with Crippen LogP contribution in [0.25, 0.3) is 5.57 Å². The zero-order valence-electron chi connectivity index (χ0n) is 22.4. The zero-order valence-corrected chi connectivity index (χ0v) is 22.4. The number of ketones is 2. The molecule has 5 nitrogen and oxygen atoms in total. The third-order valence-corrected chi connectivity index (χ3v) is 8.48. The summed E-state index contributed by atoms with van der Waals surface area (Å²) in [5, 5.41) is 3.09. The van der Waals surface area contributed by atoms with Gasteiger partial charge in [0.2, 0.25) is 5.91 Å². The molecule has 1 spiro atoms. The van der Waals surface area contributed by atoms with Crippen LogP contribution in [0.2, 0.25) is 0 Å². The van der Waals surface area contributed by atoms with Crippen molar-refractivity contribution >= 4 is 34.4 Å². The van der Waals surface area contributed by atoms with E-state index < -0.39 is 28.8 Å². The number of anilines is 2. The van der Waals surface area contributed by atoms with Crippen molar-refractivity contribution in [1.29, 1.82) is 0 Å². The highest BCUT2D eigenvalue weighted by Crippen LogP contribution is 2.59. The number of carbonyl (C=O) groups is 3. The number of nitrogens with one attached hydrogen (secondary N) is 1. The van der Waals surface area contributed by atoms with Crippen molar-refractivity contribution in [1.82, 2.24) is 0 Å². The first-order valence-electron chi connectivity index (χ1n) is 13.2. The highest BCUT2D eigenvalue weighted by molar-refractivity contribution is 6.17. The van der Waals surface area contributed by atoms with Crippen molar-refractivity contribution in [3.8, 4) is 0 Å². The fourth-order valence-electron chi connectivity index (χ4n) is 6.77. The Morgan fingerprint density at radius 1 is 0.921 bits per heavy atom. The summed E-state index contributed by atoms with van der Waals surface area (Å²) in [4.78, 5) is 45.5. The third kappa shape index (κ3) is 3.20. The number of amides is 1. The van der Waals surface area contributed by atoms with Crippen LogP contribution in [0.1, 0.15) is 54.7 Å². The molecular weight excluding hydrogens is 472 g/mol. The van der Waals surface area contributed by atoms with Crippen LogP contribution in [-0.4, -0.2) is 29.6 Å². The normalized spacial score (nSPS) is 25.4. The summed E-state index contributed by atoms with van der Waals surface area (Å²) in [6.45, 7) is 9.77. The summed E-state index contributed by atoms with van der Waals surface area (Å²) in [6.07, 6.45) is 2.10. The number of fused-ring (bicyclic) bond motifs is 6. The number of hydrogen-bond donors (Lipinski definition) is 1. The fraction of sp³-hybridized carbons (Fsp3) is 0.303. The average molecular weight is 505 g/mol. The molecule has 1 saturated heterocycles. The van der Waals surface area contributed by atoms with E-state index in [0.717, 1.165) is 28.0 Å². The summed E-state index contributed by atoms with van der Waals surface area (Å²) in [7, 11) is 0. The van der Waals surface area contributed by atoms with Gasteiger partial charge in [-0.1, -0.05) is 87.0 Å². The fourth-order valence-corrected chi connectivity index (χ4v) is 6.77. The number of carbonyl (C=O) groups excluding carboxylic acids is 3. The van der Waals surface area contributed by atoms with Gasteiger partial charge in [-0.25, -0.2) is 0 Å². The van der Waals surface area contributed by atoms with Gasteiger partial charge in [-0.2, -0.15) is 0 Å². The second-order valence-corrected chi connectivity index (χ2v) is 11.9. The molecule has 1 amide bonds. The van der Waals surface area contributed by atoms with Crippen molar-refractivity contribution in [3.05, 3.63) is 101 Å². The van der Waals surface area contributed by atoms with Gasteiger partial charge in [0.25, 0.3) is 0 Å². The first-order chi connectivity index (χ1) is 18.1. The lowest BCUT2D eigenvalue weighted by Crippen LogP contribution is -2.51. The Kier molecular flexibility index (Phi) is 5.29. The summed E-state index contributed by atoms with van der Waals surface area (Å²) in [6, 6.07) is 21.6. The number of aryl methyl sites for hydroxylation is 1. The van der Waals surface area contributed by atoms with Crippen LogP contribution in [-0.2, 0) is 15.0 Å². The molecule has 0 saturated carbocycles. The van der Waals surface area contributed by atoms with Crippen molar-refractivity contribution < 1.29 is 14.4 Å². The lowest BCUT2D eigenvalue weighted by molar-refractivity contribution is -0.128. The molecule has 3 aliphatic rings. The van der Waals surface area contributed by atoms with Gasteiger partial charge in [0.05, 0.1) is 12.0 Å². The Balaban J connectivity index is 1.71. The second-order valence-electron chi connectivity index (χ2n) is 11.9. The van der Waals surface area contributed by atoms with E-state index in [-0.39, 0.29) is 17.5 Å². The molecule has 3 aromatic carbocycles. The van der Waals surface area contributed by atoms with Gasteiger partial charge in [0, 0.05) is 27.9 Å². The second kappa shape index (κ2) is 8.26. The van der Waals surface area contributed by atoms with E-state index in [1.54, 1.807) is 12.1 Å². The minimum Gasteiger partial charge on any atom is -0.352 e. The number of rotatable bonds is 3. The first kappa shape index (κ1) is 24.4. The Morgan fingerprint density at radius 2 is 1.61 bits per heavy atom. The Hall–Kier alpha value is -3.99. The topological polar surface area (TPSA) is 66.5 Å². The van der Waals surface area contributed by atoms with Crippen molar-refractivity contribution in [3.63, 3.8) is 0 Å². The van der Waals surface area contributed by atoms with Crippen LogP contribution in [0, 0.1) is 18.3 Å². The molecule has 192 valence electrons. The number of benzene rings is 3. The van der Waals surface area contributed by atoms with Crippen LogP contribution in [0.4, 0.5) is 11.4 Å². The van der Waals surface area contributed by atoms with E-state index in [1.165, 1.54) is 0 Å². The highest BCUT2D eigenvalue weighted by atomic mass is 16.2. The standard InChI is InChI=1S/C33H32N2O3/c1-19-15-16-25-22(17-19)20(2)18-26-33(23-13-9-10-14-24(23)34-31(33)38)27(29(36)21-11-7-6-8-12-21)28(35(25)26)30(37)32(3,4)5/h6-18,26-28H,1-5H3,(H,34,38). The van der Waals surface area contributed by atoms with Gasteiger partial charge in [0.15, 0.2) is 11.6 Å². The minimum atomic E-state index is -1.26. The van der Waals surface area contributed by atoms with E-state index in [2.05, 4.69) is 29.3 Å². The molecule has 0 radical (unpaired) electrons. The summed E-state index contributed by atoms with van der Waals surface area (Å²) < 4.78 is 0. The lowest BCUT2D eigenvalue weighted by Gasteiger charge is -2.40. The maximum absolute atomic E-state index is 14.6. The Labute approximate surface area is 223 Å². The molecular formula is C33H32N2O3. The smallest absolute Gasteiger partial charge is 0.238 e. The maximum atomic E-state index is 14.6. The SMILES string of the molecule is CC1=CC2N(c3ccc(C)cc31)C(C(=O)C(C)(C)C)C(C(=O)c1ccccc1)C21C(=O)Nc2ccccc21. The van der Waals surface area contributed by atoms with Gasteiger partial charge < -0.3 is 10.2 Å². The van der Waals surface area contributed by atoms with Crippen LogP contribution in [0.3, 0.4) is 0 Å². The van der Waals surface area contributed by atoms with Gasteiger partial charge in [-0.3, -0.25) is 14.4 Å². The first-order valence-corrected chi connectivity index (χ1v) is 13.2. The molecule has 5 heteroatoms. The molecule has 0 bridgehead atoms. The number of nitrogens with zero attached hydrogens (tertiary/aromatic N) is 1. The van der Waals surface area contributed by atoms with Crippen molar-refractivity contribution in [2.75, 3.05) is 10.2 Å². The molecule has 0 aliphatic carbocycles. The van der Waals surface area contributed by atoms with Crippen LogP contribution in [0.5, 0.6) is 0 Å². The molecule has 3 heterocycles. The number of para-hydroxylation sites is 1. The minimum absolute atomic E-state index is 0.0506. The average Bonchev–Trinajstić information content (AvgIpc) is 3.36. The van der Waals surface area contributed by atoms with Crippen LogP contribution < -0.4 is 10.2 Å². The summed E-state index contributed by atoms with van der Waals surface area (Å²) in [5.41, 5.74) is 4.06. The van der Waals surface area contributed by atoms with Gasteiger partial charge in [0.1, 0.15) is 11.5 Å². The van der Waals surface area contributed by atoms with Crippen LogP contribution in [0.15, 0.2) is 78.9 Å². The third-order valence-electron chi connectivity index (χ3n) is 8.48. The monoisotopic (exact) mass is 504 g/mol. The largest absolute Gasteiger partial charge is 0.352 e. The quantitative estimate of drug-likeness (QED) is 0.446. The molecule has 3 aliphatic heterocycles. The molecule has 4 atom stereocenters. The Morgan fingerprint density at radius 3 is 2.32 bits per heavy atom. The predicted molar refractivity (Wildman–Crippen MR) is 150 cm³/mol. The van der Waals surface area contributed by atoms with Crippen molar-refractivity contribution in [2.24, 2.45) is 11.3 Å². The number of Topliss-reactive ketones (excluding diaryl/α,β-unsaturated/α-hetero) is 2. The molecule has 4 unspecified atom stereocenters. The lowest BCUT2D eigenvalue weighted by atomic mass is 9.63. The maximum Gasteiger partial charge on any atom is 0.238 e. The number of hydrogen-bond acceptors (Lipinski definition) is 4. The molecule has 6 rings (SSSR count). The Bertz CT molecular complexity index is 1530. The molecule has 3 aromatic rings. The predicted octanol–water partition coefficient (Wildman–Crippen LogP) is 5.97. The van der Waals surface area contributed by atoms with Crippen molar-refractivity contribution in [2.45, 2.75) is 52.1 Å². The molecule has 1 N–H and O–H groups in total. The van der Waals surface area contributed by atoms with E-state index in [4.69, 9.17) is 0 Å².